The molecule has 3 aromatic rings. The molecule has 0 amide bonds. The first-order valence-electron chi connectivity index (χ1n) is 17.3. The van der Waals surface area contributed by atoms with Crippen LogP contribution in [-0.4, -0.2) is 24.1 Å². The van der Waals surface area contributed by atoms with E-state index < -0.39 is 11.9 Å². The molecule has 0 spiro atoms. The maximum atomic E-state index is 14.2. The Morgan fingerprint density at radius 2 is 0.957 bits per heavy atom. The van der Waals surface area contributed by atoms with E-state index in [0.29, 0.717) is 11.8 Å². The Morgan fingerprint density at radius 1 is 0.587 bits per heavy atom. The summed E-state index contributed by atoms with van der Waals surface area (Å²) >= 11 is 0. The highest BCUT2D eigenvalue weighted by atomic mass is 16.6. The zero-order valence-corrected chi connectivity index (χ0v) is 28.6. The average Bonchev–Trinajstić information content (AvgIpc) is 3.04. The number of hydrogen-bond acceptors (Lipinski definition) is 4. The largest absolute Gasteiger partial charge is 0.458 e. The zero-order valence-electron chi connectivity index (χ0n) is 28.6. The molecule has 0 saturated heterocycles. The van der Waals surface area contributed by atoms with E-state index in [0.717, 1.165) is 44.1 Å². The number of esters is 2. The minimum atomic E-state index is -0.593. The summed E-state index contributed by atoms with van der Waals surface area (Å²) in [4.78, 5) is 28.4. The Kier molecular flexibility index (Phi) is 10.6. The summed E-state index contributed by atoms with van der Waals surface area (Å²) in [6.45, 7) is 13.4. The van der Waals surface area contributed by atoms with Crippen molar-refractivity contribution in [3.05, 3.63) is 113 Å². The van der Waals surface area contributed by atoms with Crippen molar-refractivity contribution in [1.82, 2.24) is 0 Å². The number of carbonyl (C=O) groups excluding carboxylic acids is 2. The third-order valence-electron chi connectivity index (χ3n) is 11.1. The van der Waals surface area contributed by atoms with E-state index in [2.05, 4.69) is 90.1 Å². The highest BCUT2D eigenvalue weighted by molar-refractivity contribution is 6.17. The van der Waals surface area contributed by atoms with Crippen LogP contribution in [0.3, 0.4) is 0 Å². The van der Waals surface area contributed by atoms with Gasteiger partial charge in [0, 0.05) is 11.8 Å². The smallest absolute Gasteiger partial charge is 0.345 e. The lowest BCUT2D eigenvalue weighted by Crippen LogP contribution is -2.45. The van der Waals surface area contributed by atoms with Gasteiger partial charge in [0.2, 0.25) is 0 Å². The van der Waals surface area contributed by atoms with Gasteiger partial charge in [-0.2, -0.15) is 0 Å². The van der Waals surface area contributed by atoms with E-state index in [1.54, 1.807) is 6.08 Å². The minimum Gasteiger partial charge on any atom is -0.458 e. The van der Waals surface area contributed by atoms with Crippen LogP contribution in [0.4, 0.5) is 0 Å². The molecule has 4 heteroatoms. The predicted octanol–water partition coefficient (Wildman–Crippen LogP) is 9.72. The molecule has 2 fully saturated rings. The molecule has 46 heavy (non-hydrogen) atoms. The SMILES string of the molecule is CC1CCC(C(C)(C)c2ccccc2)C(OC(=O)C(=Cc2ccccc2)C(=O)OC2CC(C)CCC2C(C)(C)c2ccccc2)C1. The molecule has 5 rings (SSSR count). The van der Waals surface area contributed by atoms with E-state index in [9.17, 15) is 9.59 Å². The maximum Gasteiger partial charge on any atom is 0.345 e. The second-order valence-corrected chi connectivity index (χ2v) is 15.1. The van der Waals surface area contributed by atoms with Crippen LogP contribution in [-0.2, 0) is 29.9 Å². The quantitative estimate of drug-likeness (QED) is 0.103. The fourth-order valence-electron chi connectivity index (χ4n) is 8.05. The van der Waals surface area contributed by atoms with Gasteiger partial charge in [-0.1, -0.05) is 145 Å². The molecule has 6 unspecified atom stereocenters. The average molecular weight is 621 g/mol. The van der Waals surface area contributed by atoms with Gasteiger partial charge in [-0.3, -0.25) is 0 Å². The fourth-order valence-corrected chi connectivity index (χ4v) is 8.05. The number of benzene rings is 3. The molecular formula is C42H52O4. The molecule has 0 N–H and O–H groups in total. The van der Waals surface area contributed by atoms with Crippen LogP contribution in [0.5, 0.6) is 0 Å². The highest BCUT2D eigenvalue weighted by Gasteiger charge is 2.45. The monoisotopic (exact) mass is 620 g/mol. The number of rotatable bonds is 9. The summed E-state index contributed by atoms with van der Waals surface area (Å²) in [5.41, 5.74) is 2.79. The zero-order chi connectivity index (χ0) is 32.9. The van der Waals surface area contributed by atoms with Crippen molar-refractivity contribution >= 4 is 18.0 Å². The Bertz CT molecular complexity index is 1380. The van der Waals surface area contributed by atoms with Crippen LogP contribution < -0.4 is 0 Å². The Hall–Kier alpha value is -3.66. The van der Waals surface area contributed by atoms with E-state index in [1.807, 2.05) is 42.5 Å². The highest BCUT2D eigenvalue weighted by Crippen LogP contribution is 2.45. The van der Waals surface area contributed by atoms with Crippen molar-refractivity contribution < 1.29 is 19.1 Å². The molecule has 0 radical (unpaired) electrons. The summed E-state index contributed by atoms with van der Waals surface area (Å²) in [7, 11) is 0. The second-order valence-electron chi connectivity index (χ2n) is 15.1. The first-order chi connectivity index (χ1) is 22.0. The summed E-state index contributed by atoms with van der Waals surface area (Å²) in [6.07, 6.45) is 6.67. The van der Waals surface area contributed by atoms with Crippen LogP contribution >= 0.6 is 0 Å². The Labute approximate surface area is 276 Å². The molecule has 0 aliphatic heterocycles. The summed E-state index contributed by atoms with van der Waals surface area (Å²) in [5, 5.41) is 0. The first-order valence-corrected chi connectivity index (χ1v) is 17.3. The molecule has 3 aromatic carbocycles. The van der Waals surface area contributed by atoms with Gasteiger partial charge in [-0.15, -0.1) is 0 Å². The lowest BCUT2D eigenvalue weighted by Gasteiger charge is -2.44. The molecule has 2 saturated carbocycles. The second kappa shape index (κ2) is 14.4. The van der Waals surface area contributed by atoms with Gasteiger partial charge in [0.25, 0.3) is 0 Å². The Balaban J connectivity index is 1.43. The van der Waals surface area contributed by atoms with E-state index in [1.165, 1.54) is 11.1 Å². The van der Waals surface area contributed by atoms with Gasteiger partial charge in [-0.05, 0) is 71.1 Å². The van der Waals surface area contributed by atoms with Gasteiger partial charge in [0.15, 0.2) is 0 Å². The third-order valence-corrected chi connectivity index (χ3v) is 11.1. The van der Waals surface area contributed by atoms with Gasteiger partial charge >= 0.3 is 11.9 Å². The molecule has 6 atom stereocenters. The molecule has 2 aliphatic carbocycles. The number of ether oxygens (including phenoxy) is 2. The molecule has 4 nitrogen and oxygen atoms in total. The third kappa shape index (κ3) is 7.65. The van der Waals surface area contributed by atoms with Crippen LogP contribution in [0.15, 0.2) is 96.6 Å². The molecule has 0 bridgehead atoms. The van der Waals surface area contributed by atoms with Crippen molar-refractivity contribution in [2.45, 2.75) is 103 Å². The predicted molar refractivity (Wildman–Crippen MR) is 186 cm³/mol. The van der Waals surface area contributed by atoms with Crippen molar-refractivity contribution in [3.8, 4) is 0 Å². The van der Waals surface area contributed by atoms with Gasteiger partial charge in [0.1, 0.15) is 17.8 Å². The van der Waals surface area contributed by atoms with E-state index in [4.69, 9.17) is 9.47 Å². The van der Waals surface area contributed by atoms with Crippen LogP contribution in [0.25, 0.3) is 6.08 Å². The summed E-state index contributed by atoms with van der Waals surface area (Å²) < 4.78 is 12.8. The van der Waals surface area contributed by atoms with Gasteiger partial charge < -0.3 is 9.47 Å². The standard InChI is InChI=1S/C42H52O4/c1-29-22-24-35(41(3,4)32-18-12-8-13-19-32)37(26-29)45-39(43)34(28-31-16-10-7-11-17-31)40(44)46-38-27-30(2)23-25-36(38)42(5,6)33-20-14-9-15-21-33/h7-21,28-30,35-38H,22-27H2,1-6H3. The lowest BCUT2D eigenvalue weighted by molar-refractivity contribution is -0.160. The Morgan fingerprint density at radius 3 is 1.35 bits per heavy atom. The number of carbonyl (C=O) groups is 2. The van der Waals surface area contributed by atoms with Crippen LogP contribution in [0, 0.1) is 23.7 Å². The van der Waals surface area contributed by atoms with E-state index in [-0.39, 0.29) is 40.4 Å². The summed E-state index contributed by atoms with van der Waals surface area (Å²) in [5.74, 6) is -0.0784. The van der Waals surface area contributed by atoms with Crippen LogP contribution in [0.2, 0.25) is 0 Å². The summed E-state index contributed by atoms with van der Waals surface area (Å²) in [6, 6.07) is 30.5. The normalized spacial score (nSPS) is 25.3. The van der Waals surface area contributed by atoms with Crippen molar-refractivity contribution in [2.75, 3.05) is 0 Å². The van der Waals surface area contributed by atoms with E-state index >= 15 is 0 Å². The molecule has 0 aromatic heterocycles. The minimum absolute atomic E-state index is 0.0322. The number of hydrogen-bond donors (Lipinski definition) is 0. The van der Waals surface area contributed by atoms with Crippen molar-refractivity contribution in [1.29, 1.82) is 0 Å². The molecular weight excluding hydrogens is 568 g/mol. The fraction of sp³-hybridized carbons (Fsp3) is 0.476. The lowest BCUT2D eigenvalue weighted by atomic mass is 9.64. The van der Waals surface area contributed by atoms with Crippen molar-refractivity contribution in [2.24, 2.45) is 23.7 Å². The van der Waals surface area contributed by atoms with Gasteiger partial charge in [-0.25, -0.2) is 9.59 Å². The maximum absolute atomic E-state index is 14.2. The topological polar surface area (TPSA) is 52.6 Å². The molecule has 244 valence electrons. The first kappa shape index (κ1) is 33.7. The van der Waals surface area contributed by atoms with Crippen LogP contribution in [0.1, 0.15) is 96.8 Å². The molecule has 0 heterocycles. The van der Waals surface area contributed by atoms with Crippen molar-refractivity contribution in [3.63, 3.8) is 0 Å². The van der Waals surface area contributed by atoms with Gasteiger partial charge in [0.05, 0.1) is 0 Å². The molecule has 2 aliphatic rings.